The first-order chi connectivity index (χ1) is 11.5. The Balaban J connectivity index is 1.57. The number of rotatable bonds is 5. The molecule has 0 saturated heterocycles. The highest BCUT2D eigenvalue weighted by Gasteiger charge is 2.28. The summed E-state index contributed by atoms with van der Waals surface area (Å²) in [5, 5.41) is 1.07. The van der Waals surface area contributed by atoms with Crippen molar-refractivity contribution in [3.05, 3.63) is 29.3 Å². The third kappa shape index (κ3) is 3.95. The van der Waals surface area contributed by atoms with Crippen molar-refractivity contribution in [3.8, 4) is 0 Å². The van der Waals surface area contributed by atoms with Gasteiger partial charge in [0.15, 0.2) is 0 Å². The molecular weight excluding hydrogens is 318 g/mol. The number of hydrogen-bond donors (Lipinski definition) is 0. The van der Waals surface area contributed by atoms with Crippen LogP contribution in [0.3, 0.4) is 0 Å². The molecule has 1 amide bonds. The highest BCUT2D eigenvalue weighted by molar-refractivity contribution is 7.18. The second-order valence-electron chi connectivity index (χ2n) is 7.08. The molecule has 2 aromatic rings. The summed E-state index contributed by atoms with van der Waals surface area (Å²) < 4.78 is 1.21. The van der Waals surface area contributed by atoms with Gasteiger partial charge < -0.3 is 4.90 Å². The predicted molar refractivity (Wildman–Crippen MR) is 100 cm³/mol. The summed E-state index contributed by atoms with van der Waals surface area (Å²) >= 11 is 1.71. The topological polar surface area (TPSA) is 36.4 Å². The number of thiazole rings is 1. The minimum atomic E-state index is 0.220. The number of likely N-dealkylation sites (N-methyl/N-ethyl adjacent to an activating group) is 2. The normalized spacial score (nSPS) is 21.3. The zero-order chi connectivity index (χ0) is 17.1. The van der Waals surface area contributed by atoms with Gasteiger partial charge in [-0.2, -0.15) is 0 Å². The van der Waals surface area contributed by atoms with E-state index in [1.165, 1.54) is 24.0 Å². The number of amides is 1. The molecule has 0 bridgehead atoms. The van der Waals surface area contributed by atoms with E-state index in [-0.39, 0.29) is 5.91 Å². The molecular formula is C19H27N3OS. The second-order valence-corrected chi connectivity index (χ2v) is 8.20. The first-order valence-electron chi connectivity index (χ1n) is 8.83. The third-order valence-electron chi connectivity index (χ3n) is 5.11. The van der Waals surface area contributed by atoms with Gasteiger partial charge in [-0.3, -0.25) is 9.69 Å². The molecule has 0 radical (unpaired) electrons. The molecule has 1 saturated carbocycles. The third-order valence-corrected chi connectivity index (χ3v) is 6.13. The van der Waals surface area contributed by atoms with Gasteiger partial charge in [-0.25, -0.2) is 4.98 Å². The van der Waals surface area contributed by atoms with Crippen LogP contribution in [-0.4, -0.2) is 47.4 Å². The van der Waals surface area contributed by atoms with Crippen molar-refractivity contribution in [2.75, 3.05) is 20.6 Å². The highest BCUT2D eigenvalue weighted by atomic mass is 32.1. The fourth-order valence-electron chi connectivity index (χ4n) is 3.67. The lowest BCUT2D eigenvalue weighted by molar-refractivity contribution is -0.134. The predicted octanol–water partition coefficient (Wildman–Crippen LogP) is 3.77. The molecule has 1 fully saturated rings. The zero-order valence-electron chi connectivity index (χ0n) is 14.9. The minimum Gasteiger partial charge on any atom is -0.341 e. The summed E-state index contributed by atoms with van der Waals surface area (Å²) in [5.41, 5.74) is 1.05. The Morgan fingerprint density at radius 2 is 2.00 bits per heavy atom. The van der Waals surface area contributed by atoms with E-state index in [0.717, 1.165) is 23.5 Å². The van der Waals surface area contributed by atoms with Gasteiger partial charge in [-0.15, -0.1) is 11.3 Å². The molecule has 1 aromatic carbocycles. The van der Waals surface area contributed by atoms with Gasteiger partial charge >= 0.3 is 0 Å². The van der Waals surface area contributed by atoms with E-state index in [2.05, 4.69) is 22.9 Å². The maximum atomic E-state index is 12.6. The van der Waals surface area contributed by atoms with Crippen LogP contribution in [0, 0.1) is 5.92 Å². The number of aromatic nitrogens is 1. The molecule has 1 aliphatic carbocycles. The Kier molecular flexibility index (Phi) is 5.51. The van der Waals surface area contributed by atoms with Crippen molar-refractivity contribution in [1.29, 1.82) is 0 Å². The van der Waals surface area contributed by atoms with Gasteiger partial charge in [0.2, 0.25) is 5.91 Å². The average molecular weight is 346 g/mol. The Labute approximate surface area is 148 Å². The Morgan fingerprint density at radius 3 is 2.75 bits per heavy atom. The molecule has 0 aliphatic heterocycles. The van der Waals surface area contributed by atoms with E-state index in [1.807, 2.05) is 37.2 Å². The number of hydrogen-bond acceptors (Lipinski definition) is 4. The molecule has 0 spiro atoms. The van der Waals surface area contributed by atoms with Crippen LogP contribution >= 0.6 is 11.3 Å². The van der Waals surface area contributed by atoms with E-state index in [1.54, 1.807) is 11.3 Å². The molecule has 24 heavy (non-hydrogen) atoms. The molecule has 4 nitrogen and oxygen atoms in total. The lowest BCUT2D eigenvalue weighted by Gasteiger charge is -2.37. The number of nitrogens with zero attached hydrogens (tertiary/aromatic N) is 3. The quantitative estimate of drug-likeness (QED) is 0.828. The molecule has 2 atom stereocenters. The lowest BCUT2D eigenvalue weighted by Crippen LogP contribution is -2.46. The van der Waals surface area contributed by atoms with Crippen LogP contribution in [0.4, 0.5) is 0 Å². The maximum absolute atomic E-state index is 12.6. The van der Waals surface area contributed by atoms with E-state index in [4.69, 9.17) is 0 Å². The Bertz CT molecular complexity index is 666. The molecule has 1 heterocycles. The fraction of sp³-hybridized carbons (Fsp3) is 0.579. The van der Waals surface area contributed by atoms with Crippen molar-refractivity contribution >= 4 is 27.5 Å². The molecule has 1 aromatic heterocycles. The zero-order valence-corrected chi connectivity index (χ0v) is 15.7. The van der Waals surface area contributed by atoms with Gasteiger partial charge in [-0.1, -0.05) is 31.9 Å². The standard InChI is InChI=1S/C19H27N3OS/c1-14-8-4-6-10-16(14)22(3)19(23)13-21(2)12-18-20-15-9-5-7-11-17(15)24-18/h5,7,9,11,14,16H,4,6,8,10,12-13H2,1-3H3/t14-,16+/m1/s1. The monoisotopic (exact) mass is 345 g/mol. The summed E-state index contributed by atoms with van der Waals surface area (Å²) in [7, 11) is 3.97. The number of para-hydroxylation sites is 1. The summed E-state index contributed by atoms with van der Waals surface area (Å²) in [6, 6.07) is 8.60. The summed E-state index contributed by atoms with van der Waals surface area (Å²) in [4.78, 5) is 21.3. The van der Waals surface area contributed by atoms with Crippen molar-refractivity contribution in [2.24, 2.45) is 5.92 Å². The van der Waals surface area contributed by atoms with Gasteiger partial charge in [0, 0.05) is 13.1 Å². The van der Waals surface area contributed by atoms with Crippen LogP contribution in [0.1, 0.15) is 37.6 Å². The maximum Gasteiger partial charge on any atom is 0.236 e. The van der Waals surface area contributed by atoms with E-state index in [0.29, 0.717) is 18.5 Å². The van der Waals surface area contributed by atoms with Crippen LogP contribution in [-0.2, 0) is 11.3 Å². The second kappa shape index (κ2) is 7.62. The van der Waals surface area contributed by atoms with Crippen molar-refractivity contribution < 1.29 is 4.79 Å². The minimum absolute atomic E-state index is 0.220. The molecule has 0 N–H and O–H groups in total. The molecule has 130 valence electrons. The number of benzene rings is 1. The van der Waals surface area contributed by atoms with Gasteiger partial charge in [0.1, 0.15) is 5.01 Å². The van der Waals surface area contributed by atoms with Crippen molar-refractivity contribution in [1.82, 2.24) is 14.8 Å². The van der Waals surface area contributed by atoms with Crippen molar-refractivity contribution in [2.45, 2.75) is 45.2 Å². The Morgan fingerprint density at radius 1 is 1.25 bits per heavy atom. The fourth-order valence-corrected chi connectivity index (χ4v) is 4.72. The highest BCUT2D eigenvalue weighted by Crippen LogP contribution is 2.27. The number of carbonyl (C=O) groups excluding carboxylic acids is 1. The molecule has 5 heteroatoms. The van der Waals surface area contributed by atoms with E-state index in [9.17, 15) is 4.79 Å². The smallest absolute Gasteiger partial charge is 0.236 e. The van der Waals surface area contributed by atoms with Crippen LogP contribution in [0.15, 0.2) is 24.3 Å². The molecule has 1 aliphatic rings. The average Bonchev–Trinajstić information content (AvgIpc) is 2.96. The molecule has 3 rings (SSSR count). The summed E-state index contributed by atoms with van der Waals surface area (Å²) in [6.07, 6.45) is 4.93. The van der Waals surface area contributed by atoms with Gasteiger partial charge in [0.05, 0.1) is 23.3 Å². The van der Waals surface area contributed by atoms with E-state index >= 15 is 0 Å². The summed E-state index contributed by atoms with van der Waals surface area (Å²) in [6.45, 7) is 3.45. The lowest BCUT2D eigenvalue weighted by atomic mass is 9.85. The summed E-state index contributed by atoms with van der Waals surface area (Å²) in [5.74, 6) is 0.833. The van der Waals surface area contributed by atoms with Crippen LogP contribution < -0.4 is 0 Å². The number of carbonyl (C=O) groups is 1. The van der Waals surface area contributed by atoms with Crippen LogP contribution in [0.25, 0.3) is 10.2 Å². The largest absolute Gasteiger partial charge is 0.341 e. The van der Waals surface area contributed by atoms with Gasteiger partial charge in [-0.05, 0) is 37.9 Å². The first kappa shape index (κ1) is 17.4. The van der Waals surface area contributed by atoms with Crippen molar-refractivity contribution in [3.63, 3.8) is 0 Å². The van der Waals surface area contributed by atoms with Crippen LogP contribution in [0.2, 0.25) is 0 Å². The van der Waals surface area contributed by atoms with Gasteiger partial charge in [0.25, 0.3) is 0 Å². The number of fused-ring (bicyclic) bond motifs is 1. The Hall–Kier alpha value is -1.46. The van der Waals surface area contributed by atoms with Crippen LogP contribution in [0.5, 0.6) is 0 Å². The SMILES string of the molecule is C[C@@H]1CCCC[C@@H]1N(C)C(=O)CN(C)Cc1nc2ccccc2s1. The van der Waals surface area contributed by atoms with E-state index < -0.39 is 0 Å². The molecule has 0 unspecified atom stereocenters. The first-order valence-corrected chi connectivity index (χ1v) is 9.65.